The standard InChI is InChI=1S/C17H21F2NO/c1-2-9-20-15(7-8-16-4-3-10-21-16)11-13-5-6-14(18)12-17(13)19/h3-6,10,12,15,20H,2,7-9,11H2,1H3. The second-order valence-electron chi connectivity index (χ2n) is 5.21. The van der Waals surface area contributed by atoms with Gasteiger partial charge in [0.15, 0.2) is 0 Å². The van der Waals surface area contributed by atoms with Crippen molar-refractivity contribution in [3.8, 4) is 0 Å². The highest BCUT2D eigenvalue weighted by Gasteiger charge is 2.13. The Labute approximate surface area is 124 Å². The topological polar surface area (TPSA) is 25.2 Å². The van der Waals surface area contributed by atoms with Crippen LogP contribution < -0.4 is 5.32 Å². The van der Waals surface area contributed by atoms with E-state index in [0.29, 0.717) is 12.0 Å². The van der Waals surface area contributed by atoms with Gasteiger partial charge in [0, 0.05) is 18.5 Å². The zero-order valence-electron chi connectivity index (χ0n) is 12.2. The minimum atomic E-state index is -0.537. The normalized spacial score (nSPS) is 12.5. The van der Waals surface area contributed by atoms with Gasteiger partial charge >= 0.3 is 0 Å². The maximum atomic E-state index is 13.8. The smallest absolute Gasteiger partial charge is 0.129 e. The summed E-state index contributed by atoms with van der Waals surface area (Å²) in [6.45, 7) is 2.97. The van der Waals surface area contributed by atoms with Crippen LogP contribution in [0.1, 0.15) is 31.1 Å². The molecule has 1 heterocycles. The van der Waals surface area contributed by atoms with E-state index in [1.54, 1.807) is 6.26 Å². The van der Waals surface area contributed by atoms with Crippen LogP contribution in [0.5, 0.6) is 0 Å². The van der Waals surface area contributed by atoms with E-state index < -0.39 is 11.6 Å². The first kappa shape index (κ1) is 15.7. The van der Waals surface area contributed by atoms with Gasteiger partial charge in [-0.1, -0.05) is 13.0 Å². The second kappa shape index (κ2) is 7.93. The lowest BCUT2D eigenvalue weighted by Crippen LogP contribution is -2.32. The molecule has 0 amide bonds. The van der Waals surface area contributed by atoms with E-state index >= 15 is 0 Å². The molecule has 0 saturated carbocycles. The number of hydrogen-bond donors (Lipinski definition) is 1. The number of hydrogen-bond acceptors (Lipinski definition) is 2. The van der Waals surface area contributed by atoms with Crippen LogP contribution in [0.15, 0.2) is 41.0 Å². The molecule has 2 aromatic rings. The molecule has 1 aromatic carbocycles. The molecule has 1 atom stereocenters. The van der Waals surface area contributed by atoms with Gasteiger partial charge in [-0.3, -0.25) is 0 Å². The third-order valence-electron chi connectivity index (χ3n) is 3.48. The van der Waals surface area contributed by atoms with E-state index in [9.17, 15) is 8.78 Å². The van der Waals surface area contributed by atoms with Crippen molar-refractivity contribution in [1.29, 1.82) is 0 Å². The summed E-state index contributed by atoms with van der Waals surface area (Å²) in [4.78, 5) is 0. The lowest BCUT2D eigenvalue weighted by Gasteiger charge is -2.18. The Balaban J connectivity index is 1.97. The summed E-state index contributed by atoms with van der Waals surface area (Å²) in [5.41, 5.74) is 0.546. The van der Waals surface area contributed by atoms with Crippen molar-refractivity contribution >= 4 is 0 Å². The van der Waals surface area contributed by atoms with Crippen LogP contribution >= 0.6 is 0 Å². The predicted molar refractivity (Wildman–Crippen MR) is 79.2 cm³/mol. The van der Waals surface area contributed by atoms with E-state index in [4.69, 9.17) is 4.42 Å². The van der Waals surface area contributed by atoms with Crippen molar-refractivity contribution in [1.82, 2.24) is 5.32 Å². The average molecular weight is 293 g/mol. The van der Waals surface area contributed by atoms with Gasteiger partial charge in [0.25, 0.3) is 0 Å². The van der Waals surface area contributed by atoms with Crippen molar-refractivity contribution < 1.29 is 13.2 Å². The fourth-order valence-corrected chi connectivity index (χ4v) is 2.35. The molecule has 1 unspecified atom stereocenters. The highest BCUT2D eigenvalue weighted by Crippen LogP contribution is 2.15. The Kier molecular flexibility index (Phi) is 5.93. The molecule has 0 fully saturated rings. The van der Waals surface area contributed by atoms with Crippen LogP contribution in [0, 0.1) is 11.6 Å². The van der Waals surface area contributed by atoms with Gasteiger partial charge in [-0.05, 0) is 49.6 Å². The maximum absolute atomic E-state index is 13.8. The Morgan fingerprint density at radius 3 is 2.76 bits per heavy atom. The zero-order chi connectivity index (χ0) is 15.1. The highest BCUT2D eigenvalue weighted by atomic mass is 19.1. The fourth-order valence-electron chi connectivity index (χ4n) is 2.35. The summed E-state index contributed by atoms with van der Waals surface area (Å²) in [7, 11) is 0. The van der Waals surface area contributed by atoms with Gasteiger partial charge < -0.3 is 9.73 Å². The molecule has 2 rings (SSSR count). The third kappa shape index (κ3) is 4.97. The van der Waals surface area contributed by atoms with Crippen molar-refractivity contribution in [2.24, 2.45) is 0 Å². The molecule has 0 bridgehead atoms. The van der Waals surface area contributed by atoms with Crippen molar-refractivity contribution in [2.75, 3.05) is 6.54 Å². The Morgan fingerprint density at radius 2 is 2.10 bits per heavy atom. The number of nitrogens with one attached hydrogen (secondary N) is 1. The van der Waals surface area contributed by atoms with E-state index in [1.807, 2.05) is 12.1 Å². The summed E-state index contributed by atoms with van der Waals surface area (Å²) in [6.07, 6.45) is 4.88. The number of benzene rings is 1. The summed E-state index contributed by atoms with van der Waals surface area (Å²) in [5, 5.41) is 3.42. The third-order valence-corrected chi connectivity index (χ3v) is 3.48. The number of halogens is 2. The molecular weight excluding hydrogens is 272 g/mol. The van der Waals surface area contributed by atoms with Crippen molar-refractivity contribution in [2.45, 2.75) is 38.6 Å². The summed E-state index contributed by atoms with van der Waals surface area (Å²) < 4.78 is 32.0. The molecule has 2 nitrogen and oxygen atoms in total. The maximum Gasteiger partial charge on any atom is 0.129 e. The van der Waals surface area contributed by atoms with Gasteiger partial charge in [0.1, 0.15) is 17.4 Å². The Hall–Kier alpha value is -1.68. The minimum Gasteiger partial charge on any atom is -0.469 e. The first-order valence-corrected chi connectivity index (χ1v) is 7.38. The monoisotopic (exact) mass is 293 g/mol. The zero-order valence-corrected chi connectivity index (χ0v) is 12.2. The predicted octanol–water partition coefficient (Wildman–Crippen LogP) is 4.10. The molecule has 0 saturated heterocycles. The molecule has 21 heavy (non-hydrogen) atoms. The molecule has 0 spiro atoms. The van der Waals surface area contributed by atoms with Crippen LogP contribution in [0.2, 0.25) is 0 Å². The van der Waals surface area contributed by atoms with E-state index in [-0.39, 0.29) is 6.04 Å². The second-order valence-corrected chi connectivity index (χ2v) is 5.21. The van der Waals surface area contributed by atoms with Crippen LogP contribution in [-0.2, 0) is 12.8 Å². The molecule has 0 aliphatic rings. The SMILES string of the molecule is CCCNC(CCc1ccco1)Cc1ccc(F)cc1F. The van der Waals surface area contributed by atoms with Gasteiger partial charge in [-0.15, -0.1) is 0 Å². The molecule has 0 radical (unpaired) electrons. The first-order chi connectivity index (χ1) is 10.2. The van der Waals surface area contributed by atoms with Crippen molar-refractivity contribution in [3.05, 3.63) is 59.6 Å². The largest absolute Gasteiger partial charge is 0.469 e. The van der Waals surface area contributed by atoms with Crippen molar-refractivity contribution in [3.63, 3.8) is 0 Å². The average Bonchev–Trinajstić information content (AvgIpc) is 2.97. The molecule has 0 aliphatic carbocycles. The van der Waals surface area contributed by atoms with Gasteiger partial charge in [0.2, 0.25) is 0 Å². The number of furan rings is 1. The minimum absolute atomic E-state index is 0.148. The van der Waals surface area contributed by atoms with Crippen LogP contribution in [0.3, 0.4) is 0 Å². The molecule has 4 heteroatoms. The summed E-state index contributed by atoms with van der Waals surface area (Å²) >= 11 is 0. The van der Waals surface area contributed by atoms with Crippen LogP contribution in [0.25, 0.3) is 0 Å². The first-order valence-electron chi connectivity index (χ1n) is 7.38. The highest BCUT2D eigenvalue weighted by molar-refractivity contribution is 5.19. The lowest BCUT2D eigenvalue weighted by molar-refractivity contribution is 0.436. The molecular formula is C17H21F2NO. The molecule has 0 aliphatic heterocycles. The molecule has 114 valence electrons. The fraction of sp³-hybridized carbons (Fsp3) is 0.412. The van der Waals surface area contributed by atoms with E-state index in [1.165, 1.54) is 12.1 Å². The summed E-state index contributed by atoms with van der Waals surface area (Å²) in [5.74, 6) is -0.0842. The van der Waals surface area contributed by atoms with Gasteiger partial charge in [-0.2, -0.15) is 0 Å². The van der Waals surface area contributed by atoms with E-state index in [0.717, 1.165) is 37.6 Å². The molecule has 1 N–H and O–H groups in total. The lowest BCUT2D eigenvalue weighted by atomic mass is 10.0. The van der Waals surface area contributed by atoms with Gasteiger partial charge in [-0.25, -0.2) is 8.78 Å². The van der Waals surface area contributed by atoms with E-state index in [2.05, 4.69) is 12.2 Å². The summed E-state index contributed by atoms with van der Waals surface area (Å²) in [6, 6.07) is 7.73. The molecule has 1 aromatic heterocycles. The number of aryl methyl sites for hydroxylation is 1. The van der Waals surface area contributed by atoms with Crippen LogP contribution in [-0.4, -0.2) is 12.6 Å². The van der Waals surface area contributed by atoms with Gasteiger partial charge in [0.05, 0.1) is 6.26 Å². The van der Waals surface area contributed by atoms with Crippen LogP contribution in [0.4, 0.5) is 8.78 Å². The Bertz CT molecular complexity index is 540. The quantitative estimate of drug-likeness (QED) is 0.792. The Morgan fingerprint density at radius 1 is 1.24 bits per heavy atom. The number of rotatable bonds is 8.